The van der Waals surface area contributed by atoms with Crippen LogP contribution in [0.1, 0.15) is 21.7 Å². The van der Waals surface area contributed by atoms with E-state index in [1.54, 1.807) is 49.6 Å². The number of aliphatic imine (C=N–C) groups is 1. The number of amidine groups is 1. The van der Waals surface area contributed by atoms with E-state index >= 15 is 0 Å². The normalized spacial score (nSPS) is 15.8. The predicted molar refractivity (Wildman–Crippen MR) is 124 cm³/mol. The molecule has 1 saturated heterocycles. The van der Waals surface area contributed by atoms with Crippen molar-refractivity contribution in [1.82, 2.24) is 5.32 Å². The molecule has 32 heavy (non-hydrogen) atoms. The number of aryl methyl sites for hydroxylation is 1. The van der Waals surface area contributed by atoms with Crippen molar-refractivity contribution >= 4 is 40.6 Å². The molecular weight excluding hydrogens is 428 g/mol. The van der Waals surface area contributed by atoms with Crippen molar-refractivity contribution in [3.05, 3.63) is 76.4 Å². The summed E-state index contributed by atoms with van der Waals surface area (Å²) in [6, 6.07) is 16.1. The molecule has 1 aliphatic rings. The van der Waals surface area contributed by atoms with E-state index < -0.39 is 5.97 Å². The number of hydrogen-bond donors (Lipinski definition) is 1. The number of benzene rings is 2. The minimum Gasteiger partial charge on any atom is -0.497 e. The topological polar surface area (TPSA) is 90.1 Å². The van der Waals surface area contributed by atoms with Crippen LogP contribution in [0.2, 0.25) is 0 Å². The molecule has 162 valence electrons. The van der Waals surface area contributed by atoms with Crippen LogP contribution in [-0.2, 0) is 9.53 Å². The van der Waals surface area contributed by atoms with E-state index in [9.17, 15) is 9.59 Å². The Balaban J connectivity index is 1.55. The Labute approximate surface area is 189 Å². The maximum Gasteiger partial charge on any atom is 0.337 e. The summed E-state index contributed by atoms with van der Waals surface area (Å²) < 4.78 is 15.9. The van der Waals surface area contributed by atoms with Crippen molar-refractivity contribution < 1.29 is 23.5 Å². The summed E-state index contributed by atoms with van der Waals surface area (Å²) in [6.07, 6.45) is 1.67. The van der Waals surface area contributed by atoms with Crippen LogP contribution in [0, 0.1) is 6.92 Å². The van der Waals surface area contributed by atoms with Crippen LogP contribution < -0.4 is 10.1 Å². The van der Waals surface area contributed by atoms with Gasteiger partial charge in [-0.15, -0.1) is 0 Å². The van der Waals surface area contributed by atoms with E-state index in [4.69, 9.17) is 13.9 Å². The first kappa shape index (κ1) is 21.5. The third kappa shape index (κ3) is 4.60. The number of nitrogens with one attached hydrogen (secondary N) is 1. The van der Waals surface area contributed by atoms with Crippen molar-refractivity contribution in [3.8, 4) is 17.1 Å². The van der Waals surface area contributed by atoms with Crippen molar-refractivity contribution in [3.63, 3.8) is 0 Å². The quantitative estimate of drug-likeness (QED) is 0.439. The fraction of sp³-hybridized carbons (Fsp3) is 0.125. The number of amides is 1. The van der Waals surface area contributed by atoms with Crippen molar-refractivity contribution in [1.29, 1.82) is 0 Å². The summed E-state index contributed by atoms with van der Waals surface area (Å²) in [5.41, 5.74) is 2.88. The van der Waals surface area contributed by atoms with E-state index in [1.165, 1.54) is 18.9 Å². The lowest BCUT2D eigenvalue weighted by Crippen LogP contribution is -2.19. The van der Waals surface area contributed by atoms with Crippen LogP contribution in [-0.4, -0.2) is 31.3 Å². The molecule has 0 bridgehead atoms. The monoisotopic (exact) mass is 448 g/mol. The number of nitrogens with zero attached hydrogens (tertiary/aromatic N) is 1. The summed E-state index contributed by atoms with van der Waals surface area (Å²) in [5, 5.41) is 3.24. The van der Waals surface area contributed by atoms with Gasteiger partial charge >= 0.3 is 5.97 Å². The van der Waals surface area contributed by atoms with E-state index in [1.807, 2.05) is 25.1 Å². The van der Waals surface area contributed by atoms with Crippen LogP contribution in [0.5, 0.6) is 5.75 Å². The zero-order valence-corrected chi connectivity index (χ0v) is 18.5. The van der Waals surface area contributed by atoms with E-state index in [0.29, 0.717) is 32.8 Å². The fourth-order valence-corrected chi connectivity index (χ4v) is 3.91. The van der Waals surface area contributed by atoms with Crippen LogP contribution in [0.15, 0.2) is 68.9 Å². The molecule has 0 unspecified atom stereocenters. The van der Waals surface area contributed by atoms with Gasteiger partial charge < -0.3 is 19.2 Å². The average Bonchev–Trinajstić information content (AvgIpc) is 3.40. The number of hydrogen-bond acceptors (Lipinski definition) is 7. The minimum absolute atomic E-state index is 0.246. The molecule has 7 nitrogen and oxygen atoms in total. The zero-order valence-electron chi connectivity index (χ0n) is 17.7. The zero-order chi connectivity index (χ0) is 22.7. The lowest BCUT2D eigenvalue weighted by atomic mass is 10.0. The standard InChI is InChI=1S/C24H20N2O5S/c1-14-4-5-15(23(28)30-3)12-19(14)20-11-10-18(31-20)13-21-22(27)26-24(32-21)25-16-6-8-17(29-2)9-7-16/h4-13H,1-3H3,(H,25,26,27)/b21-13+. The first-order valence-corrected chi connectivity index (χ1v) is 10.5. The number of rotatable bonds is 5. The van der Waals surface area contributed by atoms with Crippen LogP contribution in [0.25, 0.3) is 17.4 Å². The summed E-state index contributed by atoms with van der Waals surface area (Å²) in [5.74, 6) is 1.19. The highest BCUT2D eigenvalue weighted by atomic mass is 32.2. The lowest BCUT2D eigenvalue weighted by molar-refractivity contribution is -0.115. The molecule has 8 heteroatoms. The first-order chi connectivity index (χ1) is 15.5. The second kappa shape index (κ2) is 9.15. The van der Waals surface area contributed by atoms with Gasteiger partial charge in [0.15, 0.2) is 5.17 Å². The molecule has 1 aromatic heterocycles. The van der Waals surface area contributed by atoms with Gasteiger partial charge in [-0.3, -0.25) is 4.79 Å². The molecule has 0 saturated carbocycles. The number of methoxy groups -OCH3 is 2. The summed E-state index contributed by atoms with van der Waals surface area (Å²) >= 11 is 1.23. The molecule has 2 heterocycles. The molecule has 0 aliphatic carbocycles. The largest absolute Gasteiger partial charge is 0.497 e. The van der Waals surface area contributed by atoms with Gasteiger partial charge in [-0.25, -0.2) is 9.79 Å². The highest BCUT2D eigenvalue weighted by molar-refractivity contribution is 8.18. The summed E-state index contributed by atoms with van der Waals surface area (Å²) in [6.45, 7) is 1.93. The Bertz CT molecular complexity index is 1240. The molecule has 0 radical (unpaired) electrons. The smallest absolute Gasteiger partial charge is 0.337 e. The highest BCUT2D eigenvalue weighted by Crippen LogP contribution is 2.31. The summed E-state index contributed by atoms with van der Waals surface area (Å²) in [7, 11) is 2.94. The number of ether oxygens (including phenoxy) is 2. The SMILES string of the molecule is COC(=O)c1ccc(C)c(-c2ccc(/C=C3/SC(=Nc4ccc(OC)cc4)NC3=O)o2)c1. The van der Waals surface area contributed by atoms with Crippen molar-refractivity contribution in [2.75, 3.05) is 14.2 Å². The molecule has 1 amide bonds. The van der Waals surface area contributed by atoms with Crippen molar-refractivity contribution in [2.45, 2.75) is 6.92 Å². The van der Waals surface area contributed by atoms with Gasteiger partial charge in [-0.2, -0.15) is 0 Å². The van der Waals surface area contributed by atoms with Crippen molar-refractivity contribution in [2.24, 2.45) is 4.99 Å². The second-order valence-corrected chi connectivity index (χ2v) is 7.93. The molecule has 2 aromatic carbocycles. The number of carbonyl (C=O) groups is 2. The molecule has 3 aromatic rings. The van der Waals surface area contributed by atoms with Gasteiger partial charge in [0.2, 0.25) is 0 Å². The second-order valence-electron chi connectivity index (χ2n) is 6.90. The minimum atomic E-state index is -0.414. The molecular formula is C24H20N2O5S. The van der Waals surface area contributed by atoms with Crippen LogP contribution >= 0.6 is 11.8 Å². The third-order valence-electron chi connectivity index (χ3n) is 4.78. The number of furan rings is 1. The fourth-order valence-electron chi connectivity index (χ4n) is 3.09. The third-order valence-corrected chi connectivity index (χ3v) is 5.69. The molecule has 4 rings (SSSR count). The van der Waals surface area contributed by atoms with Gasteiger partial charge in [0.05, 0.1) is 30.4 Å². The van der Waals surface area contributed by atoms with Crippen LogP contribution in [0.3, 0.4) is 0 Å². The van der Waals surface area contributed by atoms with Gasteiger partial charge in [0, 0.05) is 11.6 Å². The summed E-state index contributed by atoms with van der Waals surface area (Å²) in [4.78, 5) is 29.1. The molecule has 1 fully saturated rings. The maximum atomic E-state index is 12.4. The molecule has 1 N–H and O–H groups in total. The Hall–Kier alpha value is -3.78. The number of carbonyl (C=O) groups excluding carboxylic acids is 2. The lowest BCUT2D eigenvalue weighted by Gasteiger charge is -2.05. The highest BCUT2D eigenvalue weighted by Gasteiger charge is 2.24. The van der Waals surface area contributed by atoms with Gasteiger partial charge in [-0.1, -0.05) is 6.07 Å². The maximum absolute atomic E-state index is 12.4. The molecule has 1 aliphatic heterocycles. The van der Waals surface area contributed by atoms with E-state index in [2.05, 4.69) is 10.3 Å². The van der Waals surface area contributed by atoms with Gasteiger partial charge in [0.25, 0.3) is 5.91 Å². The van der Waals surface area contributed by atoms with E-state index in [-0.39, 0.29) is 5.91 Å². The first-order valence-electron chi connectivity index (χ1n) is 9.69. The number of thioether (sulfide) groups is 1. The average molecular weight is 449 g/mol. The van der Waals surface area contributed by atoms with Gasteiger partial charge in [-0.05, 0) is 72.8 Å². The predicted octanol–water partition coefficient (Wildman–Crippen LogP) is 4.94. The van der Waals surface area contributed by atoms with Gasteiger partial charge in [0.1, 0.15) is 17.3 Å². The Morgan fingerprint density at radius 3 is 2.59 bits per heavy atom. The molecule has 0 atom stereocenters. The van der Waals surface area contributed by atoms with E-state index in [0.717, 1.165) is 16.9 Å². The Morgan fingerprint density at radius 1 is 1.09 bits per heavy atom. The Morgan fingerprint density at radius 2 is 1.88 bits per heavy atom. The number of esters is 1. The Kier molecular flexibility index (Phi) is 6.13. The van der Waals surface area contributed by atoms with Crippen LogP contribution in [0.4, 0.5) is 5.69 Å². The molecule has 0 spiro atoms.